The lowest BCUT2D eigenvalue weighted by atomic mass is 10.0. The van der Waals surface area contributed by atoms with Crippen molar-refractivity contribution in [2.45, 2.75) is 19.9 Å². The predicted molar refractivity (Wildman–Crippen MR) is 39.4 cm³/mol. The molecule has 1 rings (SSSR count). The highest BCUT2D eigenvalue weighted by atomic mass is 16.6. The molecular formula is C7H11NO4. The number of carbonyl (C=O) groups excluding carboxylic acids is 1. The fraction of sp³-hybridized carbons (Fsp3) is 0.714. The molecule has 1 aliphatic heterocycles. The Bertz CT molecular complexity index is 213. The Morgan fingerprint density at radius 1 is 1.75 bits per heavy atom. The van der Waals surface area contributed by atoms with Crippen molar-refractivity contribution in [2.75, 3.05) is 6.73 Å². The number of amides is 1. The van der Waals surface area contributed by atoms with E-state index in [2.05, 4.69) is 4.74 Å². The number of esters is 1. The lowest BCUT2D eigenvalue weighted by Crippen LogP contribution is -2.40. The molecule has 68 valence electrons. The Balaban J connectivity index is 2.77. The van der Waals surface area contributed by atoms with Gasteiger partial charge >= 0.3 is 12.1 Å². The van der Waals surface area contributed by atoms with Crippen LogP contribution in [0.5, 0.6) is 0 Å². The minimum absolute atomic E-state index is 0.0453. The maximum Gasteiger partial charge on any atom is 0.410 e. The second-order valence-electron chi connectivity index (χ2n) is 3.03. The second-order valence-corrected chi connectivity index (χ2v) is 3.03. The molecule has 0 aliphatic carbocycles. The van der Waals surface area contributed by atoms with Crippen LogP contribution in [0, 0.1) is 5.92 Å². The highest BCUT2D eigenvalue weighted by Gasteiger charge is 2.39. The number of hydrogen-bond donors (Lipinski definition) is 1. The zero-order valence-electron chi connectivity index (χ0n) is 6.98. The van der Waals surface area contributed by atoms with E-state index in [0.29, 0.717) is 0 Å². The van der Waals surface area contributed by atoms with Gasteiger partial charge in [0, 0.05) is 0 Å². The van der Waals surface area contributed by atoms with Crippen LogP contribution in [0.2, 0.25) is 0 Å². The van der Waals surface area contributed by atoms with Crippen molar-refractivity contribution in [2.24, 2.45) is 5.92 Å². The topological polar surface area (TPSA) is 66.8 Å². The quantitative estimate of drug-likeness (QED) is 0.586. The molecule has 12 heavy (non-hydrogen) atoms. The Morgan fingerprint density at radius 3 is 2.67 bits per heavy atom. The van der Waals surface area contributed by atoms with Crippen LogP contribution in [0.1, 0.15) is 13.8 Å². The molecule has 1 fully saturated rings. The van der Waals surface area contributed by atoms with Crippen molar-refractivity contribution in [3.63, 3.8) is 0 Å². The molecule has 1 N–H and O–H groups in total. The van der Waals surface area contributed by atoms with Crippen molar-refractivity contribution in [3.8, 4) is 0 Å². The summed E-state index contributed by atoms with van der Waals surface area (Å²) in [4.78, 5) is 22.6. The summed E-state index contributed by atoms with van der Waals surface area (Å²) in [6, 6.07) is -0.637. The molecule has 1 heterocycles. The molecule has 1 atom stereocenters. The summed E-state index contributed by atoms with van der Waals surface area (Å²) in [6.45, 7) is 3.43. The number of carbonyl (C=O) groups is 2. The summed E-state index contributed by atoms with van der Waals surface area (Å²) in [5.74, 6) is -0.497. The Morgan fingerprint density at radius 2 is 2.33 bits per heavy atom. The summed E-state index contributed by atoms with van der Waals surface area (Å²) in [5.41, 5.74) is 0. The molecule has 0 aromatic heterocycles. The maximum atomic E-state index is 11.0. The standard InChI is InChI=1S/C7H11NO4/c1-4(2)5-6(9)12-3-8(5)7(10)11/h4-5H,3H2,1-2H3,(H,10,11)/t5-/m0/s1. The zero-order chi connectivity index (χ0) is 9.30. The van der Waals surface area contributed by atoms with Crippen molar-refractivity contribution in [1.82, 2.24) is 4.90 Å². The highest BCUT2D eigenvalue weighted by molar-refractivity contribution is 5.83. The third kappa shape index (κ3) is 1.34. The number of hydrogen-bond acceptors (Lipinski definition) is 3. The Labute approximate surface area is 69.9 Å². The van der Waals surface area contributed by atoms with Gasteiger partial charge in [0.15, 0.2) is 6.73 Å². The van der Waals surface area contributed by atoms with Crippen molar-refractivity contribution in [3.05, 3.63) is 0 Å². The molecule has 0 saturated carbocycles. The van der Waals surface area contributed by atoms with E-state index in [9.17, 15) is 9.59 Å². The summed E-state index contributed by atoms with van der Waals surface area (Å²) in [5, 5.41) is 8.64. The van der Waals surface area contributed by atoms with Gasteiger partial charge in [0.05, 0.1) is 0 Å². The lowest BCUT2D eigenvalue weighted by Gasteiger charge is -2.19. The molecule has 0 aromatic rings. The maximum absolute atomic E-state index is 11.0. The van der Waals surface area contributed by atoms with Gasteiger partial charge in [-0.3, -0.25) is 4.90 Å². The van der Waals surface area contributed by atoms with Gasteiger partial charge in [-0.15, -0.1) is 0 Å². The van der Waals surface area contributed by atoms with Crippen LogP contribution in [0.15, 0.2) is 0 Å². The van der Waals surface area contributed by atoms with E-state index < -0.39 is 18.1 Å². The molecule has 0 bridgehead atoms. The van der Waals surface area contributed by atoms with E-state index in [4.69, 9.17) is 5.11 Å². The van der Waals surface area contributed by atoms with Crippen LogP contribution in [0.3, 0.4) is 0 Å². The highest BCUT2D eigenvalue weighted by Crippen LogP contribution is 2.18. The Kier molecular flexibility index (Phi) is 2.21. The summed E-state index contributed by atoms with van der Waals surface area (Å²) in [6.07, 6.45) is -1.11. The first-order chi connectivity index (χ1) is 5.54. The third-order valence-corrected chi connectivity index (χ3v) is 1.80. The lowest BCUT2D eigenvalue weighted by molar-refractivity contribution is -0.139. The normalized spacial score (nSPS) is 23.1. The van der Waals surface area contributed by atoms with Crippen molar-refractivity contribution in [1.29, 1.82) is 0 Å². The van der Waals surface area contributed by atoms with Crippen LogP contribution in [-0.4, -0.2) is 34.8 Å². The fourth-order valence-electron chi connectivity index (χ4n) is 1.23. The van der Waals surface area contributed by atoms with E-state index in [1.54, 1.807) is 13.8 Å². The molecule has 0 spiro atoms. The third-order valence-electron chi connectivity index (χ3n) is 1.80. The van der Waals surface area contributed by atoms with Gasteiger partial charge in [-0.25, -0.2) is 9.59 Å². The van der Waals surface area contributed by atoms with Gasteiger partial charge in [0.1, 0.15) is 6.04 Å². The van der Waals surface area contributed by atoms with E-state index in [1.165, 1.54) is 0 Å². The van der Waals surface area contributed by atoms with Gasteiger partial charge in [0.25, 0.3) is 0 Å². The predicted octanol–water partition coefficient (Wildman–Crippen LogP) is 0.505. The van der Waals surface area contributed by atoms with Crippen LogP contribution in [0.25, 0.3) is 0 Å². The smallest absolute Gasteiger partial charge is 0.410 e. The summed E-state index contributed by atoms with van der Waals surface area (Å²) < 4.78 is 4.61. The number of rotatable bonds is 1. The van der Waals surface area contributed by atoms with Gasteiger partial charge in [-0.1, -0.05) is 13.8 Å². The van der Waals surface area contributed by atoms with Crippen LogP contribution in [-0.2, 0) is 9.53 Å². The van der Waals surface area contributed by atoms with Crippen LogP contribution in [0.4, 0.5) is 4.79 Å². The first-order valence-electron chi connectivity index (χ1n) is 3.70. The van der Waals surface area contributed by atoms with E-state index in [0.717, 1.165) is 4.90 Å². The fourth-order valence-corrected chi connectivity index (χ4v) is 1.23. The summed E-state index contributed by atoms with van der Waals surface area (Å²) in [7, 11) is 0. The van der Waals surface area contributed by atoms with E-state index in [1.807, 2.05) is 0 Å². The molecule has 1 amide bonds. The minimum atomic E-state index is -1.11. The SMILES string of the molecule is CC(C)[C@H]1C(=O)OCN1C(=O)O. The number of nitrogens with zero attached hydrogens (tertiary/aromatic N) is 1. The number of ether oxygens (including phenoxy) is 1. The molecule has 0 unspecified atom stereocenters. The van der Waals surface area contributed by atoms with Crippen LogP contribution < -0.4 is 0 Å². The molecule has 5 heteroatoms. The average Bonchev–Trinajstić information content (AvgIpc) is 2.30. The first-order valence-corrected chi connectivity index (χ1v) is 3.70. The van der Waals surface area contributed by atoms with E-state index in [-0.39, 0.29) is 12.6 Å². The minimum Gasteiger partial charge on any atom is -0.465 e. The first kappa shape index (κ1) is 8.83. The van der Waals surface area contributed by atoms with Gasteiger partial charge in [-0.05, 0) is 5.92 Å². The molecule has 0 radical (unpaired) electrons. The van der Waals surface area contributed by atoms with Gasteiger partial charge in [0.2, 0.25) is 0 Å². The monoisotopic (exact) mass is 173 g/mol. The number of carboxylic acid groups (broad SMARTS) is 1. The summed E-state index contributed by atoms with van der Waals surface area (Å²) >= 11 is 0. The van der Waals surface area contributed by atoms with Gasteiger partial charge in [-0.2, -0.15) is 0 Å². The van der Waals surface area contributed by atoms with E-state index >= 15 is 0 Å². The van der Waals surface area contributed by atoms with Crippen molar-refractivity contribution >= 4 is 12.1 Å². The molecule has 1 saturated heterocycles. The average molecular weight is 173 g/mol. The molecular weight excluding hydrogens is 162 g/mol. The van der Waals surface area contributed by atoms with Gasteiger partial charge < -0.3 is 9.84 Å². The molecule has 1 aliphatic rings. The molecule has 5 nitrogen and oxygen atoms in total. The number of cyclic esters (lactones) is 1. The van der Waals surface area contributed by atoms with Crippen molar-refractivity contribution < 1.29 is 19.4 Å². The molecule has 0 aromatic carbocycles. The Hall–Kier alpha value is -1.26. The van der Waals surface area contributed by atoms with Crippen LogP contribution >= 0.6 is 0 Å². The second kappa shape index (κ2) is 3.00. The zero-order valence-corrected chi connectivity index (χ0v) is 6.98. The largest absolute Gasteiger partial charge is 0.465 e.